The highest BCUT2D eigenvalue weighted by molar-refractivity contribution is 5.82. The Kier molecular flexibility index (Phi) is 3.61. The monoisotopic (exact) mass is 278 g/mol. The SMILES string of the molecule is CCN=C(NC1CC1C)N1CCCC2(CNC(=O)C2)C1. The molecule has 2 aliphatic heterocycles. The lowest BCUT2D eigenvalue weighted by atomic mass is 9.79. The number of piperidine rings is 1. The highest BCUT2D eigenvalue weighted by atomic mass is 16.1. The number of amides is 1. The van der Waals surface area contributed by atoms with Crippen LogP contribution in [0.3, 0.4) is 0 Å². The van der Waals surface area contributed by atoms with Crippen LogP contribution < -0.4 is 10.6 Å². The topological polar surface area (TPSA) is 56.7 Å². The van der Waals surface area contributed by atoms with Crippen molar-refractivity contribution in [2.75, 3.05) is 26.2 Å². The number of guanidine groups is 1. The molecular weight excluding hydrogens is 252 g/mol. The van der Waals surface area contributed by atoms with Gasteiger partial charge in [0.25, 0.3) is 0 Å². The summed E-state index contributed by atoms with van der Waals surface area (Å²) in [6.07, 6.45) is 4.24. The molecule has 1 saturated carbocycles. The Labute approximate surface area is 121 Å². The van der Waals surface area contributed by atoms with Crippen molar-refractivity contribution < 1.29 is 4.79 Å². The van der Waals surface area contributed by atoms with Crippen LogP contribution in [0.25, 0.3) is 0 Å². The van der Waals surface area contributed by atoms with Gasteiger partial charge in [0.05, 0.1) is 0 Å². The number of nitrogens with zero attached hydrogens (tertiary/aromatic N) is 2. The summed E-state index contributed by atoms with van der Waals surface area (Å²) in [6, 6.07) is 0.599. The number of hydrogen-bond acceptors (Lipinski definition) is 2. The van der Waals surface area contributed by atoms with E-state index in [1.54, 1.807) is 0 Å². The molecule has 3 fully saturated rings. The molecular formula is C15H26N4O. The third kappa shape index (κ3) is 2.76. The van der Waals surface area contributed by atoms with Crippen molar-refractivity contribution >= 4 is 11.9 Å². The highest BCUT2D eigenvalue weighted by Crippen LogP contribution is 2.36. The zero-order valence-electron chi connectivity index (χ0n) is 12.6. The smallest absolute Gasteiger partial charge is 0.220 e. The molecule has 3 aliphatic rings. The van der Waals surface area contributed by atoms with Crippen LogP contribution in [-0.2, 0) is 4.79 Å². The van der Waals surface area contributed by atoms with Gasteiger partial charge in [-0.2, -0.15) is 0 Å². The van der Waals surface area contributed by atoms with Crippen LogP contribution in [0.4, 0.5) is 0 Å². The Morgan fingerprint density at radius 1 is 1.60 bits per heavy atom. The molecule has 0 aromatic rings. The fraction of sp³-hybridized carbons (Fsp3) is 0.867. The molecule has 1 aliphatic carbocycles. The van der Waals surface area contributed by atoms with Crippen LogP contribution in [0, 0.1) is 11.3 Å². The molecule has 2 heterocycles. The molecule has 1 amide bonds. The van der Waals surface area contributed by atoms with Gasteiger partial charge < -0.3 is 15.5 Å². The van der Waals surface area contributed by atoms with Crippen LogP contribution in [0.15, 0.2) is 4.99 Å². The Morgan fingerprint density at radius 2 is 2.40 bits per heavy atom. The van der Waals surface area contributed by atoms with Crippen molar-refractivity contribution in [3.63, 3.8) is 0 Å². The molecule has 2 saturated heterocycles. The first-order valence-corrected chi connectivity index (χ1v) is 7.94. The van der Waals surface area contributed by atoms with Gasteiger partial charge in [-0.25, -0.2) is 0 Å². The maximum absolute atomic E-state index is 11.6. The van der Waals surface area contributed by atoms with Crippen molar-refractivity contribution in [2.45, 2.75) is 45.6 Å². The average molecular weight is 278 g/mol. The van der Waals surface area contributed by atoms with Gasteiger partial charge in [-0.15, -0.1) is 0 Å². The molecule has 1 spiro atoms. The molecule has 3 unspecified atom stereocenters. The summed E-state index contributed by atoms with van der Waals surface area (Å²) in [6.45, 7) is 8.02. The molecule has 3 rings (SSSR count). The molecule has 0 aromatic heterocycles. The normalized spacial score (nSPS) is 37.2. The Hall–Kier alpha value is -1.26. The Balaban J connectivity index is 1.67. The fourth-order valence-electron chi connectivity index (χ4n) is 3.50. The second-order valence-corrected chi connectivity index (χ2v) is 6.74. The summed E-state index contributed by atoms with van der Waals surface area (Å²) in [5, 5.41) is 6.61. The Morgan fingerprint density at radius 3 is 3.00 bits per heavy atom. The van der Waals surface area contributed by atoms with E-state index in [-0.39, 0.29) is 11.3 Å². The van der Waals surface area contributed by atoms with Crippen molar-refractivity contribution in [3.8, 4) is 0 Å². The fourth-order valence-corrected chi connectivity index (χ4v) is 3.50. The van der Waals surface area contributed by atoms with Crippen LogP contribution in [0.2, 0.25) is 0 Å². The van der Waals surface area contributed by atoms with Crippen LogP contribution in [0.5, 0.6) is 0 Å². The first-order valence-electron chi connectivity index (χ1n) is 7.94. The number of carbonyl (C=O) groups is 1. The highest BCUT2D eigenvalue weighted by Gasteiger charge is 2.43. The summed E-state index contributed by atoms with van der Waals surface area (Å²) in [4.78, 5) is 18.6. The summed E-state index contributed by atoms with van der Waals surface area (Å²) in [5.41, 5.74) is 0.140. The first kappa shape index (κ1) is 13.7. The second-order valence-electron chi connectivity index (χ2n) is 6.74. The maximum Gasteiger partial charge on any atom is 0.220 e. The molecule has 0 bridgehead atoms. The number of likely N-dealkylation sites (tertiary alicyclic amines) is 1. The van der Waals surface area contributed by atoms with Crippen molar-refractivity contribution in [3.05, 3.63) is 0 Å². The zero-order chi connectivity index (χ0) is 14.2. The molecule has 0 aromatic carbocycles. The molecule has 5 heteroatoms. The van der Waals surface area contributed by atoms with E-state index >= 15 is 0 Å². The van der Waals surface area contributed by atoms with Crippen molar-refractivity contribution in [1.82, 2.24) is 15.5 Å². The van der Waals surface area contributed by atoms with E-state index in [4.69, 9.17) is 0 Å². The van der Waals surface area contributed by atoms with Gasteiger partial charge in [0.1, 0.15) is 0 Å². The minimum Gasteiger partial charge on any atom is -0.355 e. The lowest BCUT2D eigenvalue weighted by Crippen LogP contribution is -2.52. The third-order valence-electron chi connectivity index (χ3n) is 4.89. The number of nitrogens with one attached hydrogen (secondary N) is 2. The average Bonchev–Trinajstić information content (AvgIpc) is 3.00. The van der Waals surface area contributed by atoms with E-state index in [0.717, 1.165) is 50.9 Å². The summed E-state index contributed by atoms with van der Waals surface area (Å²) >= 11 is 0. The zero-order valence-corrected chi connectivity index (χ0v) is 12.6. The van der Waals surface area contributed by atoms with E-state index in [0.29, 0.717) is 12.5 Å². The van der Waals surface area contributed by atoms with E-state index in [1.165, 1.54) is 6.42 Å². The summed E-state index contributed by atoms with van der Waals surface area (Å²) < 4.78 is 0. The first-order chi connectivity index (χ1) is 9.62. The number of rotatable bonds is 2. The van der Waals surface area contributed by atoms with Crippen LogP contribution in [-0.4, -0.2) is 49.0 Å². The quantitative estimate of drug-likeness (QED) is 0.584. The standard InChI is InChI=1S/C15H26N4O/c1-3-16-14(18-12-7-11(12)2)19-6-4-5-15(10-19)8-13(20)17-9-15/h11-12H,3-10H2,1-2H3,(H,16,18)(H,17,20). The predicted octanol–water partition coefficient (Wildman–Crippen LogP) is 0.962. The van der Waals surface area contributed by atoms with E-state index < -0.39 is 0 Å². The molecule has 0 radical (unpaired) electrons. The number of hydrogen-bond donors (Lipinski definition) is 2. The molecule has 112 valence electrons. The van der Waals surface area contributed by atoms with Crippen LogP contribution >= 0.6 is 0 Å². The van der Waals surface area contributed by atoms with Crippen LogP contribution in [0.1, 0.15) is 39.5 Å². The van der Waals surface area contributed by atoms with E-state index in [9.17, 15) is 4.79 Å². The van der Waals surface area contributed by atoms with Gasteiger partial charge in [0.15, 0.2) is 5.96 Å². The molecule has 2 N–H and O–H groups in total. The number of aliphatic imine (C=N–C) groups is 1. The molecule has 3 atom stereocenters. The minimum atomic E-state index is 0.140. The second kappa shape index (κ2) is 5.26. The van der Waals surface area contributed by atoms with Gasteiger partial charge in [-0.05, 0) is 32.1 Å². The van der Waals surface area contributed by atoms with Gasteiger partial charge in [0, 0.05) is 44.1 Å². The van der Waals surface area contributed by atoms with Gasteiger partial charge in [0.2, 0.25) is 5.91 Å². The summed E-state index contributed by atoms with van der Waals surface area (Å²) in [5.74, 6) is 2.04. The van der Waals surface area contributed by atoms with Crippen molar-refractivity contribution in [2.24, 2.45) is 16.3 Å². The van der Waals surface area contributed by atoms with Gasteiger partial charge >= 0.3 is 0 Å². The minimum absolute atomic E-state index is 0.140. The lowest BCUT2D eigenvalue weighted by Gasteiger charge is -2.41. The largest absolute Gasteiger partial charge is 0.355 e. The third-order valence-corrected chi connectivity index (χ3v) is 4.89. The number of carbonyl (C=O) groups excluding carboxylic acids is 1. The molecule has 5 nitrogen and oxygen atoms in total. The maximum atomic E-state index is 11.6. The summed E-state index contributed by atoms with van der Waals surface area (Å²) in [7, 11) is 0. The predicted molar refractivity (Wildman–Crippen MR) is 79.5 cm³/mol. The van der Waals surface area contributed by atoms with Gasteiger partial charge in [-0.3, -0.25) is 9.79 Å². The van der Waals surface area contributed by atoms with Crippen molar-refractivity contribution in [1.29, 1.82) is 0 Å². The lowest BCUT2D eigenvalue weighted by molar-refractivity contribution is -0.119. The molecule has 20 heavy (non-hydrogen) atoms. The van der Waals surface area contributed by atoms with Gasteiger partial charge in [-0.1, -0.05) is 6.92 Å². The Bertz CT molecular complexity index is 422. The van der Waals surface area contributed by atoms with E-state index in [1.807, 2.05) is 0 Å². The van der Waals surface area contributed by atoms with E-state index in [2.05, 4.69) is 34.4 Å².